The highest BCUT2D eigenvalue weighted by Gasteiger charge is 2.18. The number of nitro groups is 1. The molecule has 0 saturated carbocycles. The van der Waals surface area contributed by atoms with Crippen LogP contribution in [0.5, 0.6) is 0 Å². The van der Waals surface area contributed by atoms with E-state index in [0.717, 1.165) is 16.4 Å². The second-order valence-electron chi connectivity index (χ2n) is 4.37. The zero-order chi connectivity index (χ0) is 15.6. The zero-order valence-corrected chi connectivity index (χ0v) is 13.0. The van der Waals surface area contributed by atoms with E-state index in [4.69, 9.17) is 0 Å². The molecule has 0 atom stereocenters. The van der Waals surface area contributed by atoms with Gasteiger partial charge in [0.05, 0.1) is 27.8 Å². The predicted octanol–water partition coefficient (Wildman–Crippen LogP) is 0.912. The summed E-state index contributed by atoms with van der Waals surface area (Å²) in [4.78, 5) is 22.1. The molecule has 2 aromatic rings. The van der Waals surface area contributed by atoms with Crippen LogP contribution in [0.15, 0.2) is 16.9 Å². The molecule has 112 valence electrons. The van der Waals surface area contributed by atoms with Crippen LogP contribution >= 0.6 is 15.9 Å². The van der Waals surface area contributed by atoms with Crippen LogP contribution in [-0.4, -0.2) is 30.4 Å². The minimum Gasteiger partial charge on any atom is -0.349 e. The predicted molar refractivity (Wildman–Crippen MR) is 76.4 cm³/mol. The van der Waals surface area contributed by atoms with Crippen molar-refractivity contribution in [1.29, 1.82) is 0 Å². The molecule has 0 bridgehead atoms. The summed E-state index contributed by atoms with van der Waals surface area (Å²) < 4.78 is 3.75. The van der Waals surface area contributed by atoms with Gasteiger partial charge in [0.15, 0.2) is 0 Å². The average Bonchev–Trinajstić information content (AvgIpc) is 2.92. The van der Waals surface area contributed by atoms with Crippen LogP contribution in [-0.2, 0) is 24.9 Å². The molecule has 0 aromatic carbocycles. The van der Waals surface area contributed by atoms with Crippen molar-refractivity contribution >= 4 is 27.5 Å². The normalized spacial score (nSPS) is 10.6. The SMILES string of the molecule is Cc1c([N+](=O)[O-])cnn1CC(=O)NCc1c(Br)cnn1C. The Kier molecular flexibility index (Phi) is 4.36. The molecular weight excluding hydrogens is 344 g/mol. The van der Waals surface area contributed by atoms with Crippen molar-refractivity contribution in [3.8, 4) is 0 Å². The van der Waals surface area contributed by atoms with Crippen molar-refractivity contribution in [1.82, 2.24) is 24.9 Å². The Labute approximate surface area is 128 Å². The number of nitrogens with one attached hydrogen (secondary N) is 1. The standard InChI is InChI=1S/C11H13BrN6O3/c1-7-9(18(20)21)5-15-17(7)6-11(19)13-4-10-8(12)3-14-16(10)2/h3,5H,4,6H2,1-2H3,(H,13,19). The summed E-state index contributed by atoms with van der Waals surface area (Å²) in [7, 11) is 1.77. The molecule has 2 rings (SSSR count). The number of carbonyl (C=O) groups excluding carboxylic acids is 1. The highest BCUT2D eigenvalue weighted by molar-refractivity contribution is 9.10. The number of rotatable bonds is 5. The Morgan fingerprint density at radius 1 is 1.48 bits per heavy atom. The van der Waals surface area contributed by atoms with Crippen LogP contribution in [0.1, 0.15) is 11.4 Å². The first kappa shape index (κ1) is 15.2. The van der Waals surface area contributed by atoms with E-state index in [1.807, 2.05) is 0 Å². The molecule has 1 N–H and O–H groups in total. The molecule has 0 unspecified atom stereocenters. The van der Waals surface area contributed by atoms with Gasteiger partial charge in [-0.25, -0.2) is 0 Å². The second-order valence-corrected chi connectivity index (χ2v) is 5.22. The van der Waals surface area contributed by atoms with Gasteiger partial charge in [-0.3, -0.25) is 24.3 Å². The molecular formula is C11H13BrN6O3. The summed E-state index contributed by atoms with van der Waals surface area (Å²) in [6.45, 7) is 1.78. The van der Waals surface area contributed by atoms with Gasteiger partial charge in [0.25, 0.3) is 0 Å². The smallest absolute Gasteiger partial charge is 0.309 e. The van der Waals surface area contributed by atoms with Crippen LogP contribution < -0.4 is 5.32 Å². The van der Waals surface area contributed by atoms with E-state index < -0.39 is 4.92 Å². The molecule has 0 fully saturated rings. The molecule has 0 saturated heterocycles. The summed E-state index contributed by atoms with van der Waals surface area (Å²) in [6, 6.07) is 0. The third kappa shape index (κ3) is 3.27. The fourth-order valence-electron chi connectivity index (χ4n) is 1.78. The van der Waals surface area contributed by atoms with E-state index in [2.05, 4.69) is 31.4 Å². The third-order valence-corrected chi connectivity index (χ3v) is 3.69. The molecule has 0 aliphatic heterocycles. The number of nitrogens with zero attached hydrogens (tertiary/aromatic N) is 5. The largest absolute Gasteiger partial charge is 0.349 e. The van der Waals surface area contributed by atoms with Crippen molar-refractivity contribution in [2.75, 3.05) is 0 Å². The molecule has 2 aromatic heterocycles. The lowest BCUT2D eigenvalue weighted by Crippen LogP contribution is -2.28. The minimum atomic E-state index is -0.524. The van der Waals surface area contributed by atoms with E-state index in [-0.39, 0.29) is 18.1 Å². The highest BCUT2D eigenvalue weighted by Crippen LogP contribution is 2.16. The second kappa shape index (κ2) is 6.04. The summed E-state index contributed by atoms with van der Waals surface area (Å²) in [5.74, 6) is -0.288. The van der Waals surface area contributed by atoms with Gasteiger partial charge in [-0.05, 0) is 22.9 Å². The molecule has 0 radical (unpaired) electrons. The number of carbonyl (C=O) groups is 1. The van der Waals surface area contributed by atoms with Gasteiger partial charge in [-0.15, -0.1) is 0 Å². The van der Waals surface area contributed by atoms with E-state index >= 15 is 0 Å². The Hall–Kier alpha value is -2.23. The molecule has 0 aliphatic rings. The number of hydrogen-bond acceptors (Lipinski definition) is 5. The van der Waals surface area contributed by atoms with E-state index in [9.17, 15) is 14.9 Å². The van der Waals surface area contributed by atoms with Gasteiger partial charge in [-0.1, -0.05) is 0 Å². The number of hydrogen-bond donors (Lipinski definition) is 1. The Bertz CT molecular complexity index is 673. The summed E-state index contributed by atoms with van der Waals surface area (Å²) in [6.07, 6.45) is 2.78. The first-order valence-electron chi connectivity index (χ1n) is 6.00. The van der Waals surface area contributed by atoms with Crippen LogP contribution in [0, 0.1) is 17.0 Å². The number of halogens is 1. The molecule has 0 aliphatic carbocycles. The van der Waals surface area contributed by atoms with Crippen LogP contribution in [0.2, 0.25) is 0 Å². The topological polar surface area (TPSA) is 108 Å². The van der Waals surface area contributed by atoms with Gasteiger partial charge in [0, 0.05) is 7.05 Å². The lowest BCUT2D eigenvalue weighted by molar-refractivity contribution is -0.385. The van der Waals surface area contributed by atoms with Gasteiger partial charge < -0.3 is 5.32 Å². The van der Waals surface area contributed by atoms with E-state index in [0.29, 0.717) is 12.2 Å². The van der Waals surface area contributed by atoms with Crippen LogP contribution in [0.25, 0.3) is 0 Å². The van der Waals surface area contributed by atoms with Crippen LogP contribution in [0.3, 0.4) is 0 Å². The van der Waals surface area contributed by atoms with Gasteiger partial charge in [0.1, 0.15) is 18.4 Å². The minimum absolute atomic E-state index is 0.0743. The van der Waals surface area contributed by atoms with E-state index in [1.54, 1.807) is 24.9 Å². The van der Waals surface area contributed by atoms with Crippen LogP contribution in [0.4, 0.5) is 5.69 Å². The van der Waals surface area contributed by atoms with Gasteiger partial charge in [-0.2, -0.15) is 10.2 Å². The molecule has 10 heteroatoms. The van der Waals surface area contributed by atoms with Crippen molar-refractivity contribution in [2.24, 2.45) is 7.05 Å². The Morgan fingerprint density at radius 2 is 2.19 bits per heavy atom. The molecule has 9 nitrogen and oxygen atoms in total. The van der Waals surface area contributed by atoms with Crippen molar-refractivity contribution in [3.63, 3.8) is 0 Å². The highest BCUT2D eigenvalue weighted by atomic mass is 79.9. The first-order chi connectivity index (χ1) is 9.90. The first-order valence-corrected chi connectivity index (χ1v) is 6.79. The maximum absolute atomic E-state index is 11.9. The van der Waals surface area contributed by atoms with Crippen molar-refractivity contribution in [3.05, 3.63) is 38.4 Å². The molecule has 21 heavy (non-hydrogen) atoms. The van der Waals surface area contributed by atoms with Gasteiger partial charge >= 0.3 is 5.69 Å². The molecule has 2 heterocycles. The third-order valence-electron chi connectivity index (χ3n) is 3.03. The fraction of sp³-hybridized carbons (Fsp3) is 0.364. The molecule has 0 spiro atoms. The fourth-order valence-corrected chi connectivity index (χ4v) is 2.27. The summed E-state index contributed by atoms with van der Waals surface area (Å²) >= 11 is 3.34. The van der Waals surface area contributed by atoms with Crippen molar-refractivity contribution in [2.45, 2.75) is 20.0 Å². The molecule has 1 amide bonds. The van der Waals surface area contributed by atoms with Crippen molar-refractivity contribution < 1.29 is 9.72 Å². The quantitative estimate of drug-likeness (QED) is 0.632. The summed E-state index contributed by atoms with van der Waals surface area (Å²) in [5, 5.41) is 21.3. The lowest BCUT2D eigenvalue weighted by Gasteiger charge is -2.07. The number of amides is 1. The lowest BCUT2D eigenvalue weighted by atomic mass is 10.4. The zero-order valence-electron chi connectivity index (χ0n) is 11.4. The monoisotopic (exact) mass is 356 g/mol. The maximum atomic E-state index is 11.9. The Morgan fingerprint density at radius 3 is 2.71 bits per heavy atom. The Balaban J connectivity index is 1.98. The maximum Gasteiger partial charge on any atom is 0.309 e. The average molecular weight is 357 g/mol. The van der Waals surface area contributed by atoms with Gasteiger partial charge in [0.2, 0.25) is 5.91 Å². The van der Waals surface area contributed by atoms with E-state index in [1.165, 1.54) is 4.68 Å². The summed E-state index contributed by atoms with van der Waals surface area (Å²) in [5.41, 5.74) is 1.07. The number of aromatic nitrogens is 4. The number of aryl methyl sites for hydroxylation is 1.